The molecule has 0 atom stereocenters. The van der Waals surface area contributed by atoms with Gasteiger partial charge in [0.15, 0.2) is 0 Å². The highest BCUT2D eigenvalue weighted by atomic mass is 32.1. The van der Waals surface area contributed by atoms with Crippen molar-refractivity contribution in [2.45, 2.75) is 27.2 Å². The van der Waals surface area contributed by atoms with Crippen molar-refractivity contribution in [3.63, 3.8) is 0 Å². The van der Waals surface area contributed by atoms with E-state index in [4.69, 9.17) is 5.84 Å². The van der Waals surface area contributed by atoms with Gasteiger partial charge in [-0.05, 0) is 18.4 Å². The van der Waals surface area contributed by atoms with E-state index in [0.29, 0.717) is 11.9 Å². The molecule has 0 unspecified atom stereocenters. The topological polar surface area (TPSA) is 75.9 Å². The van der Waals surface area contributed by atoms with Crippen molar-refractivity contribution >= 4 is 33.3 Å². The lowest BCUT2D eigenvalue weighted by atomic mass is 10.2. The van der Waals surface area contributed by atoms with Crippen LogP contribution in [0.4, 0.5) is 11.8 Å². The average molecular weight is 265 g/mol. The molecule has 2 aromatic rings. The summed E-state index contributed by atoms with van der Waals surface area (Å²) in [4.78, 5) is 11.0. The van der Waals surface area contributed by atoms with E-state index in [2.05, 4.69) is 47.5 Å². The van der Waals surface area contributed by atoms with Crippen molar-refractivity contribution in [1.82, 2.24) is 9.97 Å². The number of anilines is 2. The van der Waals surface area contributed by atoms with Crippen molar-refractivity contribution in [1.29, 1.82) is 0 Å². The summed E-state index contributed by atoms with van der Waals surface area (Å²) in [5, 5.41) is 4.44. The van der Waals surface area contributed by atoms with Gasteiger partial charge in [-0.3, -0.25) is 5.43 Å². The van der Waals surface area contributed by atoms with E-state index >= 15 is 0 Å². The number of nitrogens with zero attached hydrogens (tertiary/aromatic N) is 2. The molecule has 2 heterocycles. The van der Waals surface area contributed by atoms with Gasteiger partial charge in [0.2, 0.25) is 5.95 Å². The Balaban J connectivity index is 2.43. The Morgan fingerprint density at radius 2 is 2.17 bits per heavy atom. The third-order valence-corrected chi connectivity index (χ3v) is 3.77. The van der Waals surface area contributed by atoms with E-state index in [1.54, 1.807) is 11.3 Å². The summed E-state index contributed by atoms with van der Waals surface area (Å²) in [6.07, 6.45) is 1.01. The molecule has 0 spiro atoms. The van der Waals surface area contributed by atoms with Crippen molar-refractivity contribution in [2.24, 2.45) is 11.8 Å². The molecule has 5 nitrogen and oxygen atoms in total. The first-order valence-electron chi connectivity index (χ1n) is 6.15. The third kappa shape index (κ3) is 2.70. The second kappa shape index (κ2) is 5.49. The van der Waals surface area contributed by atoms with Gasteiger partial charge in [-0.25, -0.2) is 10.8 Å². The Bertz CT molecular complexity index is 534. The summed E-state index contributed by atoms with van der Waals surface area (Å²) in [7, 11) is 0. The summed E-state index contributed by atoms with van der Waals surface area (Å²) in [6.45, 7) is 7.35. The maximum absolute atomic E-state index is 5.41. The summed E-state index contributed by atoms with van der Waals surface area (Å²) in [5.74, 6) is 7.29. The molecular formula is C12H19N5S. The number of hydrogen-bond donors (Lipinski definition) is 3. The number of hydrogen-bond acceptors (Lipinski definition) is 6. The van der Waals surface area contributed by atoms with E-state index in [1.165, 1.54) is 4.88 Å². The predicted molar refractivity (Wildman–Crippen MR) is 77.9 cm³/mol. The van der Waals surface area contributed by atoms with Crippen LogP contribution in [-0.2, 0) is 6.42 Å². The lowest BCUT2D eigenvalue weighted by molar-refractivity contribution is 0.687. The van der Waals surface area contributed by atoms with Crippen LogP contribution in [0.2, 0.25) is 0 Å². The lowest BCUT2D eigenvalue weighted by Crippen LogP contribution is -2.14. The third-order valence-electron chi connectivity index (χ3n) is 2.60. The minimum Gasteiger partial charge on any atom is -0.369 e. The van der Waals surface area contributed by atoms with Crippen LogP contribution in [0, 0.1) is 5.92 Å². The molecular weight excluding hydrogens is 246 g/mol. The fraction of sp³-hybridized carbons (Fsp3) is 0.500. The minimum absolute atomic E-state index is 0.457. The molecule has 4 N–H and O–H groups in total. The molecule has 0 saturated carbocycles. The number of fused-ring (bicyclic) bond motifs is 1. The van der Waals surface area contributed by atoms with Gasteiger partial charge >= 0.3 is 0 Å². The number of hydrazine groups is 1. The maximum atomic E-state index is 5.41. The summed E-state index contributed by atoms with van der Waals surface area (Å²) in [5.41, 5.74) is 2.52. The molecule has 0 fully saturated rings. The first kappa shape index (κ1) is 13.0. The molecule has 0 saturated heterocycles. The zero-order valence-corrected chi connectivity index (χ0v) is 11.8. The first-order valence-corrected chi connectivity index (χ1v) is 6.96. The molecule has 2 rings (SSSR count). The van der Waals surface area contributed by atoms with Gasteiger partial charge in [-0.2, -0.15) is 4.98 Å². The SMILES string of the molecule is CCc1cc2c(NCC(C)C)nc(NN)nc2s1. The van der Waals surface area contributed by atoms with Gasteiger partial charge < -0.3 is 5.32 Å². The lowest BCUT2D eigenvalue weighted by Gasteiger charge is -2.10. The highest BCUT2D eigenvalue weighted by Crippen LogP contribution is 2.30. The predicted octanol–water partition coefficient (Wildman–Crippen LogP) is 2.61. The normalized spacial score (nSPS) is 11.2. The number of nitrogens with one attached hydrogen (secondary N) is 2. The van der Waals surface area contributed by atoms with Gasteiger partial charge in [-0.15, -0.1) is 11.3 Å². The van der Waals surface area contributed by atoms with Crippen molar-refractivity contribution < 1.29 is 0 Å². The fourth-order valence-electron chi connectivity index (χ4n) is 1.65. The van der Waals surface area contributed by atoms with Crippen LogP contribution in [0.25, 0.3) is 10.2 Å². The van der Waals surface area contributed by atoms with Crippen LogP contribution >= 0.6 is 11.3 Å². The van der Waals surface area contributed by atoms with Gasteiger partial charge in [0.1, 0.15) is 10.6 Å². The molecule has 18 heavy (non-hydrogen) atoms. The zero-order valence-electron chi connectivity index (χ0n) is 10.9. The fourth-order valence-corrected chi connectivity index (χ4v) is 2.61. The van der Waals surface area contributed by atoms with Crippen LogP contribution in [0.15, 0.2) is 6.07 Å². The molecule has 98 valence electrons. The Morgan fingerprint density at radius 1 is 1.39 bits per heavy atom. The monoisotopic (exact) mass is 265 g/mol. The molecule has 0 aliphatic carbocycles. The first-order chi connectivity index (χ1) is 8.63. The average Bonchev–Trinajstić information content (AvgIpc) is 2.78. The molecule has 6 heteroatoms. The van der Waals surface area contributed by atoms with Gasteiger partial charge in [0.05, 0.1) is 5.39 Å². The highest BCUT2D eigenvalue weighted by Gasteiger charge is 2.11. The molecule has 0 bridgehead atoms. The molecule has 2 aromatic heterocycles. The van der Waals surface area contributed by atoms with E-state index < -0.39 is 0 Å². The largest absolute Gasteiger partial charge is 0.369 e. The number of nitrogens with two attached hydrogens (primary N) is 1. The van der Waals surface area contributed by atoms with Crippen LogP contribution in [0.3, 0.4) is 0 Å². The summed E-state index contributed by atoms with van der Waals surface area (Å²) < 4.78 is 0. The summed E-state index contributed by atoms with van der Waals surface area (Å²) >= 11 is 1.69. The van der Waals surface area contributed by atoms with E-state index in [-0.39, 0.29) is 0 Å². The Kier molecular flexibility index (Phi) is 3.98. The van der Waals surface area contributed by atoms with E-state index in [1.807, 2.05) is 0 Å². The molecule has 0 aliphatic heterocycles. The van der Waals surface area contributed by atoms with Gasteiger partial charge in [-0.1, -0.05) is 20.8 Å². The number of nitrogen functional groups attached to an aromatic ring is 1. The van der Waals surface area contributed by atoms with Crippen molar-refractivity contribution in [3.05, 3.63) is 10.9 Å². The maximum Gasteiger partial charge on any atom is 0.240 e. The minimum atomic E-state index is 0.457. The van der Waals surface area contributed by atoms with Crippen LogP contribution < -0.4 is 16.6 Å². The number of aryl methyl sites for hydroxylation is 1. The standard InChI is InChI=1S/C12H19N5S/c1-4-8-5-9-10(14-6-7(2)3)15-12(17-13)16-11(9)18-8/h5,7H,4,6,13H2,1-3H3,(H2,14,15,16,17). The number of aromatic nitrogens is 2. The molecule has 0 aliphatic rings. The quantitative estimate of drug-likeness (QED) is 0.572. The second-order valence-electron chi connectivity index (χ2n) is 4.60. The van der Waals surface area contributed by atoms with Crippen molar-refractivity contribution in [3.8, 4) is 0 Å². The van der Waals surface area contributed by atoms with Gasteiger partial charge in [0, 0.05) is 11.4 Å². The van der Waals surface area contributed by atoms with Gasteiger partial charge in [0.25, 0.3) is 0 Å². The van der Waals surface area contributed by atoms with Crippen LogP contribution in [-0.4, -0.2) is 16.5 Å². The van der Waals surface area contributed by atoms with Crippen LogP contribution in [0.5, 0.6) is 0 Å². The van der Waals surface area contributed by atoms with E-state index in [9.17, 15) is 0 Å². The zero-order chi connectivity index (χ0) is 13.1. The van der Waals surface area contributed by atoms with Crippen molar-refractivity contribution in [2.75, 3.05) is 17.3 Å². The smallest absolute Gasteiger partial charge is 0.240 e. The Labute approximate surface area is 111 Å². The number of rotatable bonds is 5. The Morgan fingerprint density at radius 3 is 2.78 bits per heavy atom. The van der Waals surface area contributed by atoms with Crippen LogP contribution in [0.1, 0.15) is 25.6 Å². The molecule has 0 aromatic carbocycles. The Hall–Kier alpha value is -1.40. The second-order valence-corrected chi connectivity index (χ2v) is 5.72. The van der Waals surface area contributed by atoms with E-state index in [0.717, 1.165) is 29.0 Å². The molecule has 0 amide bonds. The molecule has 0 radical (unpaired) electrons. The summed E-state index contributed by atoms with van der Waals surface area (Å²) in [6, 6.07) is 2.16. The highest BCUT2D eigenvalue weighted by molar-refractivity contribution is 7.18. The number of thiophene rings is 1.